The lowest BCUT2D eigenvalue weighted by Gasteiger charge is -2.09. The average molecular weight is 480 g/mol. The molecule has 2 aromatic heterocycles. The van der Waals surface area contributed by atoms with Crippen LogP contribution < -0.4 is 11.1 Å². The van der Waals surface area contributed by atoms with E-state index in [1.165, 1.54) is 10.6 Å². The van der Waals surface area contributed by atoms with E-state index in [0.29, 0.717) is 28.1 Å². The molecule has 0 saturated heterocycles. The van der Waals surface area contributed by atoms with E-state index in [0.717, 1.165) is 17.8 Å². The second-order valence-electron chi connectivity index (χ2n) is 6.09. The molecule has 0 radical (unpaired) electrons. The first kappa shape index (κ1) is 22.5. The molecular formula is C18H14Cl2F3N3O3S. The number of thioether (sulfide) groups is 1. The van der Waals surface area contributed by atoms with Crippen molar-refractivity contribution in [2.24, 2.45) is 0 Å². The number of alkyl halides is 3. The zero-order chi connectivity index (χ0) is 21.9. The lowest BCUT2D eigenvalue weighted by Crippen LogP contribution is -2.28. The first-order valence-electron chi connectivity index (χ1n) is 8.56. The molecule has 1 aromatic carbocycles. The average Bonchev–Trinajstić information content (AvgIpc) is 2.97. The van der Waals surface area contributed by atoms with E-state index in [1.807, 2.05) is 0 Å². The van der Waals surface area contributed by atoms with Gasteiger partial charge in [0.05, 0.1) is 16.1 Å². The SMILES string of the molecule is O=C(CCn1c(=O)oc2cc(Cl)ccc21)NCCSc1ncc(C(F)(F)F)cc1Cl. The quantitative estimate of drug-likeness (QED) is 0.395. The molecular weight excluding hydrogens is 466 g/mol. The number of oxazole rings is 1. The maximum absolute atomic E-state index is 12.6. The third kappa shape index (κ3) is 5.50. The number of nitrogens with zero attached hydrogens (tertiary/aromatic N) is 2. The molecule has 0 aliphatic rings. The largest absolute Gasteiger partial charge is 0.419 e. The van der Waals surface area contributed by atoms with Gasteiger partial charge in [-0.3, -0.25) is 9.36 Å². The second-order valence-corrected chi connectivity index (χ2v) is 8.02. The highest BCUT2D eigenvalue weighted by Crippen LogP contribution is 2.33. The number of halogens is 5. The summed E-state index contributed by atoms with van der Waals surface area (Å²) >= 11 is 12.8. The molecule has 0 spiro atoms. The number of amides is 1. The van der Waals surface area contributed by atoms with E-state index >= 15 is 0 Å². The van der Waals surface area contributed by atoms with E-state index in [2.05, 4.69) is 10.3 Å². The van der Waals surface area contributed by atoms with Crippen molar-refractivity contribution in [1.29, 1.82) is 0 Å². The fourth-order valence-corrected chi connectivity index (χ4v) is 3.79. The first-order chi connectivity index (χ1) is 14.1. The van der Waals surface area contributed by atoms with Crippen LogP contribution in [0.1, 0.15) is 12.0 Å². The zero-order valence-corrected chi connectivity index (χ0v) is 17.5. The van der Waals surface area contributed by atoms with Crippen molar-refractivity contribution in [3.05, 3.63) is 56.6 Å². The highest BCUT2D eigenvalue weighted by Gasteiger charge is 2.31. The Bertz CT molecular complexity index is 1130. The molecule has 30 heavy (non-hydrogen) atoms. The molecule has 1 N–H and O–H groups in total. The summed E-state index contributed by atoms with van der Waals surface area (Å²) in [5.41, 5.74) is -0.0459. The van der Waals surface area contributed by atoms with Gasteiger partial charge in [-0.1, -0.05) is 23.2 Å². The van der Waals surface area contributed by atoms with Gasteiger partial charge in [-0.15, -0.1) is 11.8 Å². The molecule has 0 bridgehead atoms. The molecule has 3 aromatic rings. The summed E-state index contributed by atoms with van der Waals surface area (Å²) in [5.74, 6) is -0.521. The molecule has 0 saturated carbocycles. The van der Waals surface area contributed by atoms with Gasteiger partial charge >= 0.3 is 11.9 Å². The van der Waals surface area contributed by atoms with E-state index in [1.54, 1.807) is 12.1 Å². The van der Waals surface area contributed by atoms with Crippen molar-refractivity contribution in [2.45, 2.75) is 24.2 Å². The number of rotatable bonds is 7. The number of carbonyl (C=O) groups is 1. The Hall–Kier alpha value is -2.17. The highest BCUT2D eigenvalue weighted by atomic mass is 35.5. The topological polar surface area (TPSA) is 77.1 Å². The minimum absolute atomic E-state index is 0.0428. The van der Waals surface area contributed by atoms with Crippen LogP contribution in [0.15, 0.2) is 44.7 Å². The van der Waals surface area contributed by atoms with Crippen LogP contribution in [0, 0.1) is 0 Å². The van der Waals surface area contributed by atoms with Crippen molar-refractivity contribution in [1.82, 2.24) is 14.9 Å². The molecule has 12 heteroatoms. The Kier molecular flexibility index (Phi) is 6.99. The van der Waals surface area contributed by atoms with E-state index in [4.69, 9.17) is 27.6 Å². The molecule has 0 atom stereocenters. The van der Waals surface area contributed by atoms with Gasteiger partial charge in [-0.05, 0) is 18.2 Å². The maximum Gasteiger partial charge on any atom is 0.419 e. The molecule has 3 rings (SSSR count). The van der Waals surface area contributed by atoms with Crippen LogP contribution in [0.25, 0.3) is 11.1 Å². The third-order valence-corrected chi connectivity index (χ3v) is 5.63. The summed E-state index contributed by atoms with van der Waals surface area (Å²) in [6.07, 6.45) is -3.75. The van der Waals surface area contributed by atoms with Crippen molar-refractivity contribution in [3.63, 3.8) is 0 Å². The number of carbonyl (C=O) groups excluding carboxylic acids is 1. The number of pyridine rings is 1. The number of aromatic nitrogens is 2. The van der Waals surface area contributed by atoms with Crippen LogP contribution in [0.4, 0.5) is 13.2 Å². The minimum atomic E-state index is -4.51. The number of benzene rings is 1. The van der Waals surface area contributed by atoms with Gasteiger partial charge in [0.2, 0.25) is 5.91 Å². The first-order valence-corrected chi connectivity index (χ1v) is 10.3. The molecule has 6 nitrogen and oxygen atoms in total. The Morgan fingerprint density at radius 1 is 1.27 bits per heavy atom. The van der Waals surface area contributed by atoms with E-state index in [9.17, 15) is 22.8 Å². The van der Waals surface area contributed by atoms with Crippen molar-refractivity contribution >= 4 is 52.0 Å². The summed E-state index contributed by atoms with van der Waals surface area (Å²) in [5, 5.41) is 3.24. The third-order valence-electron chi connectivity index (χ3n) is 3.99. The Morgan fingerprint density at radius 2 is 2.03 bits per heavy atom. The molecule has 0 aliphatic heterocycles. The normalized spacial score (nSPS) is 11.8. The summed E-state index contributed by atoms with van der Waals surface area (Å²) in [4.78, 5) is 27.7. The van der Waals surface area contributed by atoms with Gasteiger partial charge < -0.3 is 9.73 Å². The highest BCUT2D eigenvalue weighted by molar-refractivity contribution is 7.99. The van der Waals surface area contributed by atoms with Crippen molar-refractivity contribution in [3.8, 4) is 0 Å². The predicted octanol–water partition coefficient (Wildman–Crippen LogP) is 4.61. The van der Waals surface area contributed by atoms with Crippen LogP contribution in [-0.4, -0.2) is 27.8 Å². The van der Waals surface area contributed by atoms with Gasteiger partial charge in [-0.25, -0.2) is 9.78 Å². The standard InChI is InChI=1S/C18H14Cl2F3N3O3S/c19-11-1-2-13-14(8-11)29-17(28)26(13)5-3-15(27)24-4-6-30-16-12(20)7-10(9-25-16)18(21,22)23/h1-2,7-9H,3-6H2,(H,24,27). The summed E-state index contributed by atoms with van der Waals surface area (Å²) < 4.78 is 44.3. The second kappa shape index (κ2) is 9.32. The van der Waals surface area contributed by atoms with Gasteiger partial charge in [0, 0.05) is 42.5 Å². The van der Waals surface area contributed by atoms with E-state index < -0.39 is 17.5 Å². The number of fused-ring (bicyclic) bond motifs is 1. The Labute approximate surface area is 182 Å². The van der Waals surface area contributed by atoms with Crippen LogP contribution in [0.3, 0.4) is 0 Å². The minimum Gasteiger partial charge on any atom is -0.408 e. The number of hydrogen-bond donors (Lipinski definition) is 1. The Morgan fingerprint density at radius 3 is 2.73 bits per heavy atom. The predicted molar refractivity (Wildman–Crippen MR) is 108 cm³/mol. The lowest BCUT2D eigenvalue weighted by atomic mass is 10.3. The number of hydrogen-bond acceptors (Lipinski definition) is 5. The maximum atomic E-state index is 12.6. The van der Waals surface area contributed by atoms with Gasteiger partial charge in [0.1, 0.15) is 5.03 Å². The lowest BCUT2D eigenvalue weighted by molar-refractivity contribution is -0.137. The fourth-order valence-electron chi connectivity index (χ4n) is 2.58. The molecule has 0 aliphatic carbocycles. The molecule has 160 valence electrons. The van der Waals surface area contributed by atoms with E-state index in [-0.39, 0.29) is 35.5 Å². The molecule has 2 heterocycles. The van der Waals surface area contributed by atoms with Crippen LogP contribution >= 0.6 is 35.0 Å². The van der Waals surface area contributed by atoms with Gasteiger partial charge in [0.25, 0.3) is 0 Å². The smallest absolute Gasteiger partial charge is 0.408 e. The molecule has 1 amide bonds. The zero-order valence-electron chi connectivity index (χ0n) is 15.1. The number of aryl methyl sites for hydroxylation is 1. The van der Waals surface area contributed by atoms with Gasteiger partial charge in [0.15, 0.2) is 5.58 Å². The summed E-state index contributed by atoms with van der Waals surface area (Å²) in [6, 6.07) is 5.59. The molecule has 0 unspecified atom stereocenters. The van der Waals surface area contributed by atoms with Crippen LogP contribution in [-0.2, 0) is 17.5 Å². The fraction of sp³-hybridized carbons (Fsp3) is 0.278. The summed E-state index contributed by atoms with van der Waals surface area (Å²) in [7, 11) is 0. The Balaban J connectivity index is 1.47. The van der Waals surface area contributed by atoms with Crippen molar-refractivity contribution < 1.29 is 22.4 Å². The molecule has 0 fully saturated rings. The van der Waals surface area contributed by atoms with Gasteiger partial charge in [-0.2, -0.15) is 13.2 Å². The van der Waals surface area contributed by atoms with Crippen LogP contribution in [0.2, 0.25) is 10.0 Å². The monoisotopic (exact) mass is 479 g/mol. The number of nitrogens with one attached hydrogen (secondary N) is 1. The summed E-state index contributed by atoms with van der Waals surface area (Å²) in [6.45, 7) is 0.373. The van der Waals surface area contributed by atoms with Crippen molar-refractivity contribution in [2.75, 3.05) is 12.3 Å². The van der Waals surface area contributed by atoms with Crippen LogP contribution in [0.5, 0.6) is 0 Å².